The average Bonchev–Trinajstić information content (AvgIpc) is 2.90. The molecule has 0 radical (unpaired) electrons. The van der Waals surface area contributed by atoms with Gasteiger partial charge >= 0.3 is 17.9 Å². The summed E-state index contributed by atoms with van der Waals surface area (Å²) in [6.45, 7) is 5.56. The zero-order valence-electron chi connectivity index (χ0n) is 25.7. The molecule has 0 aliphatic heterocycles. The number of hydrogen-bond donors (Lipinski definition) is 4. The summed E-state index contributed by atoms with van der Waals surface area (Å²) in [7, 11) is 0. The molecular formula is C31H57NO9. The number of aliphatic hydroxyl groups is 2. The van der Waals surface area contributed by atoms with Crippen LogP contribution in [0.2, 0.25) is 0 Å². The molecule has 0 aliphatic carbocycles. The molecule has 0 bridgehead atoms. The van der Waals surface area contributed by atoms with E-state index >= 15 is 0 Å². The number of rotatable bonds is 27. The number of hydrogen-bond acceptors (Lipinski definition) is 8. The molecule has 10 heteroatoms. The molecule has 41 heavy (non-hydrogen) atoms. The highest BCUT2D eigenvalue weighted by Gasteiger charge is 2.28. The van der Waals surface area contributed by atoms with Gasteiger partial charge in [0.15, 0.2) is 6.04 Å². The predicted molar refractivity (Wildman–Crippen MR) is 157 cm³/mol. The van der Waals surface area contributed by atoms with Crippen LogP contribution in [-0.2, 0) is 28.7 Å². The molecule has 10 nitrogen and oxygen atoms in total. The Balaban J connectivity index is 5.06. The predicted octanol–water partition coefficient (Wildman–Crippen LogP) is 5.20. The Hall–Kier alpha value is -2.20. The zero-order chi connectivity index (χ0) is 30.9. The maximum absolute atomic E-state index is 12.8. The topological polar surface area (TPSA) is 159 Å². The van der Waals surface area contributed by atoms with Crippen molar-refractivity contribution in [1.29, 1.82) is 0 Å². The first kappa shape index (κ1) is 38.8. The van der Waals surface area contributed by atoms with E-state index in [0.29, 0.717) is 25.7 Å². The van der Waals surface area contributed by atoms with Crippen LogP contribution in [0.1, 0.15) is 143 Å². The monoisotopic (exact) mass is 587 g/mol. The Labute approximate surface area is 246 Å². The fraction of sp³-hybridized carbons (Fsp3) is 0.871. The first-order chi connectivity index (χ1) is 19.7. The van der Waals surface area contributed by atoms with Crippen LogP contribution in [0, 0.1) is 0 Å². The first-order valence-corrected chi connectivity index (χ1v) is 15.9. The van der Waals surface area contributed by atoms with Crippen molar-refractivity contribution >= 4 is 23.8 Å². The van der Waals surface area contributed by atoms with Crippen molar-refractivity contribution in [3.63, 3.8) is 0 Å². The van der Waals surface area contributed by atoms with Gasteiger partial charge in [-0.2, -0.15) is 0 Å². The summed E-state index contributed by atoms with van der Waals surface area (Å²) in [5, 5.41) is 31.5. The van der Waals surface area contributed by atoms with E-state index in [1.54, 1.807) is 0 Å². The number of ether oxygens (including phenoxy) is 2. The van der Waals surface area contributed by atoms with Gasteiger partial charge in [-0.15, -0.1) is 0 Å². The van der Waals surface area contributed by atoms with Crippen LogP contribution in [0.15, 0.2) is 0 Å². The maximum atomic E-state index is 12.8. The van der Waals surface area contributed by atoms with Crippen molar-refractivity contribution in [3.8, 4) is 0 Å². The van der Waals surface area contributed by atoms with Crippen LogP contribution in [0.4, 0.5) is 0 Å². The van der Waals surface area contributed by atoms with Gasteiger partial charge in [-0.05, 0) is 32.1 Å². The molecule has 0 spiro atoms. The highest BCUT2D eigenvalue weighted by atomic mass is 16.6. The second-order valence-corrected chi connectivity index (χ2v) is 11.0. The number of amides is 1. The van der Waals surface area contributed by atoms with Crippen molar-refractivity contribution in [2.45, 2.75) is 167 Å². The molecule has 4 unspecified atom stereocenters. The van der Waals surface area contributed by atoms with Crippen molar-refractivity contribution in [1.82, 2.24) is 5.32 Å². The van der Waals surface area contributed by atoms with Crippen molar-refractivity contribution < 1.29 is 44.0 Å². The van der Waals surface area contributed by atoms with Gasteiger partial charge in [-0.3, -0.25) is 14.4 Å². The molecule has 0 aromatic heterocycles. The molecule has 0 heterocycles. The molecule has 0 saturated carbocycles. The van der Waals surface area contributed by atoms with E-state index in [4.69, 9.17) is 9.47 Å². The highest BCUT2D eigenvalue weighted by Crippen LogP contribution is 2.17. The standard InChI is InChI=1S/C31H57NO9/c1-4-7-10-12-15-17-24(34)20-28(35)32-27(23-33)31(39)41-26(19-16-13-11-8-5-2)22-30(38)40-25(21-29(36)37)18-14-9-6-3/h24-27,33-34H,4-23H2,1-3H3,(H,32,35)(H,36,37). The van der Waals surface area contributed by atoms with Crippen LogP contribution in [0.3, 0.4) is 0 Å². The molecule has 4 N–H and O–H groups in total. The molecule has 0 aromatic rings. The number of carboxylic acids is 1. The lowest BCUT2D eigenvalue weighted by Gasteiger charge is -2.23. The third kappa shape index (κ3) is 22.1. The summed E-state index contributed by atoms with van der Waals surface area (Å²) in [5.41, 5.74) is 0. The third-order valence-corrected chi connectivity index (χ3v) is 7.00. The number of carbonyl (C=O) groups is 4. The van der Waals surface area contributed by atoms with Crippen LogP contribution in [0.5, 0.6) is 0 Å². The lowest BCUT2D eigenvalue weighted by molar-refractivity contribution is -0.162. The SMILES string of the molecule is CCCCCCCC(O)CC(=O)NC(CO)C(=O)OC(CCCCCCC)CC(=O)OC(CCCCC)CC(=O)O. The van der Waals surface area contributed by atoms with Gasteiger partial charge in [0.1, 0.15) is 12.2 Å². The Kier molecular flexibility index (Phi) is 24.1. The number of carbonyl (C=O) groups excluding carboxylic acids is 3. The summed E-state index contributed by atoms with van der Waals surface area (Å²) < 4.78 is 11.0. The van der Waals surface area contributed by atoms with Gasteiger partial charge in [0.25, 0.3) is 0 Å². The maximum Gasteiger partial charge on any atom is 0.331 e. The van der Waals surface area contributed by atoms with E-state index < -0.39 is 54.8 Å². The Bertz CT molecular complexity index is 716. The Morgan fingerprint density at radius 2 is 1.15 bits per heavy atom. The number of aliphatic hydroxyl groups excluding tert-OH is 2. The van der Waals surface area contributed by atoms with E-state index in [1.165, 1.54) is 0 Å². The smallest absolute Gasteiger partial charge is 0.331 e. The van der Waals surface area contributed by atoms with Gasteiger partial charge in [-0.25, -0.2) is 4.79 Å². The number of unbranched alkanes of at least 4 members (excludes halogenated alkanes) is 10. The molecule has 0 saturated heterocycles. The summed E-state index contributed by atoms with van der Waals surface area (Å²) >= 11 is 0. The molecule has 1 amide bonds. The number of carboxylic acid groups (broad SMARTS) is 1. The lowest BCUT2D eigenvalue weighted by atomic mass is 10.1. The van der Waals surface area contributed by atoms with Gasteiger partial charge in [-0.1, -0.05) is 91.4 Å². The normalized spacial score (nSPS) is 14.1. The molecule has 0 aromatic carbocycles. The highest BCUT2D eigenvalue weighted by molar-refractivity contribution is 5.85. The minimum absolute atomic E-state index is 0.187. The fourth-order valence-corrected chi connectivity index (χ4v) is 4.60. The summed E-state index contributed by atoms with van der Waals surface area (Å²) in [4.78, 5) is 49.2. The fourth-order valence-electron chi connectivity index (χ4n) is 4.60. The summed E-state index contributed by atoms with van der Waals surface area (Å²) in [6.07, 6.45) is 10.6. The largest absolute Gasteiger partial charge is 0.481 e. The van der Waals surface area contributed by atoms with E-state index in [9.17, 15) is 34.5 Å². The molecule has 0 fully saturated rings. The van der Waals surface area contributed by atoms with Crippen LogP contribution in [0.25, 0.3) is 0 Å². The van der Waals surface area contributed by atoms with Gasteiger partial charge in [0, 0.05) is 0 Å². The van der Waals surface area contributed by atoms with Crippen LogP contribution in [-0.4, -0.2) is 70.1 Å². The summed E-state index contributed by atoms with van der Waals surface area (Å²) in [6, 6.07) is -1.33. The first-order valence-electron chi connectivity index (χ1n) is 15.9. The average molecular weight is 588 g/mol. The minimum Gasteiger partial charge on any atom is -0.481 e. The van der Waals surface area contributed by atoms with E-state index in [0.717, 1.165) is 77.0 Å². The van der Waals surface area contributed by atoms with Crippen LogP contribution >= 0.6 is 0 Å². The third-order valence-electron chi connectivity index (χ3n) is 7.00. The van der Waals surface area contributed by atoms with Crippen LogP contribution < -0.4 is 5.32 Å². The van der Waals surface area contributed by atoms with E-state index in [2.05, 4.69) is 19.2 Å². The number of aliphatic carboxylic acids is 1. The second-order valence-electron chi connectivity index (χ2n) is 11.0. The van der Waals surface area contributed by atoms with Gasteiger partial charge in [0.2, 0.25) is 5.91 Å². The van der Waals surface area contributed by atoms with Gasteiger partial charge in [0.05, 0.1) is 32.0 Å². The second kappa shape index (κ2) is 25.5. The van der Waals surface area contributed by atoms with E-state index in [-0.39, 0.29) is 19.3 Å². The van der Waals surface area contributed by atoms with Crippen molar-refractivity contribution in [2.75, 3.05) is 6.61 Å². The van der Waals surface area contributed by atoms with Crippen molar-refractivity contribution in [2.24, 2.45) is 0 Å². The molecule has 0 rings (SSSR count). The quantitative estimate of drug-likeness (QED) is 0.0748. The molecule has 0 aliphatic rings. The number of nitrogens with one attached hydrogen (secondary N) is 1. The summed E-state index contributed by atoms with van der Waals surface area (Å²) in [5.74, 6) is -3.14. The van der Waals surface area contributed by atoms with Gasteiger partial charge < -0.3 is 30.1 Å². The minimum atomic E-state index is -1.33. The Morgan fingerprint density at radius 3 is 1.68 bits per heavy atom. The number of esters is 2. The molecule has 4 atom stereocenters. The molecular weight excluding hydrogens is 530 g/mol. The van der Waals surface area contributed by atoms with Crippen molar-refractivity contribution in [3.05, 3.63) is 0 Å². The molecule has 240 valence electrons. The Morgan fingerprint density at radius 1 is 0.659 bits per heavy atom. The van der Waals surface area contributed by atoms with E-state index in [1.807, 2.05) is 6.92 Å². The lowest BCUT2D eigenvalue weighted by Crippen LogP contribution is -2.46. The zero-order valence-corrected chi connectivity index (χ0v) is 25.7.